The molecule has 120 valence electrons. The van der Waals surface area contributed by atoms with Gasteiger partial charge in [0.2, 0.25) is 0 Å². The first-order valence-corrected chi connectivity index (χ1v) is 8.47. The van der Waals surface area contributed by atoms with Gasteiger partial charge in [-0.1, -0.05) is 20.8 Å². The van der Waals surface area contributed by atoms with Crippen LogP contribution in [-0.4, -0.2) is 47.3 Å². The highest BCUT2D eigenvalue weighted by molar-refractivity contribution is 5.71. The second-order valence-electron chi connectivity index (χ2n) is 8.30. The van der Waals surface area contributed by atoms with Gasteiger partial charge in [0.15, 0.2) is 0 Å². The van der Waals surface area contributed by atoms with E-state index in [1.165, 1.54) is 0 Å². The third kappa shape index (κ3) is 3.11. The molecule has 0 aromatic heterocycles. The van der Waals surface area contributed by atoms with E-state index in [4.69, 9.17) is 4.74 Å². The van der Waals surface area contributed by atoms with Crippen molar-refractivity contribution < 1.29 is 14.6 Å². The fourth-order valence-corrected chi connectivity index (χ4v) is 4.54. The smallest absolute Gasteiger partial charge is 0.308 e. The largest absolute Gasteiger partial charge is 0.481 e. The molecule has 4 heteroatoms. The topological polar surface area (TPSA) is 49.8 Å². The van der Waals surface area contributed by atoms with E-state index in [0.717, 1.165) is 45.2 Å². The van der Waals surface area contributed by atoms with Gasteiger partial charge in [-0.15, -0.1) is 0 Å². The number of ether oxygens (including phenoxy) is 1. The molecule has 0 amide bonds. The molecule has 3 rings (SSSR count). The van der Waals surface area contributed by atoms with Gasteiger partial charge < -0.3 is 9.84 Å². The maximum atomic E-state index is 11.7. The van der Waals surface area contributed by atoms with E-state index in [-0.39, 0.29) is 17.4 Å². The Morgan fingerprint density at radius 1 is 1.10 bits per heavy atom. The minimum atomic E-state index is -0.605. The van der Waals surface area contributed by atoms with Crippen molar-refractivity contribution in [1.82, 2.24) is 4.90 Å². The number of fused-ring (bicyclic) bond motifs is 2. The summed E-state index contributed by atoms with van der Waals surface area (Å²) in [6.45, 7) is 8.74. The van der Waals surface area contributed by atoms with Crippen LogP contribution in [0.5, 0.6) is 0 Å². The van der Waals surface area contributed by atoms with Gasteiger partial charge in [0.25, 0.3) is 0 Å². The van der Waals surface area contributed by atoms with Crippen LogP contribution in [0.3, 0.4) is 0 Å². The van der Waals surface area contributed by atoms with Gasteiger partial charge in [0, 0.05) is 19.1 Å². The predicted molar refractivity (Wildman–Crippen MR) is 81.2 cm³/mol. The Bertz CT molecular complexity index is 391. The van der Waals surface area contributed by atoms with Crippen LogP contribution < -0.4 is 0 Å². The summed E-state index contributed by atoms with van der Waals surface area (Å²) < 4.78 is 5.92. The molecule has 1 N–H and O–H groups in total. The highest BCUT2D eigenvalue weighted by Gasteiger charge is 2.45. The van der Waals surface area contributed by atoms with Crippen molar-refractivity contribution in [2.75, 3.05) is 13.1 Å². The summed E-state index contributed by atoms with van der Waals surface area (Å²) in [7, 11) is 0. The molecule has 5 unspecified atom stereocenters. The normalized spacial score (nSPS) is 41.2. The first-order chi connectivity index (χ1) is 9.84. The zero-order chi connectivity index (χ0) is 15.2. The number of likely N-dealkylation sites (tertiary alicyclic amines) is 1. The van der Waals surface area contributed by atoms with Crippen molar-refractivity contribution >= 4 is 5.97 Å². The summed E-state index contributed by atoms with van der Waals surface area (Å²) in [6.07, 6.45) is 5.88. The summed E-state index contributed by atoms with van der Waals surface area (Å²) in [6, 6.07) is 0.201. The summed E-state index contributed by atoms with van der Waals surface area (Å²) in [5.74, 6) is -0.175. The first-order valence-electron chi connectivity index (χ1n) is 8.47. The van der Waals surface area contributed by atoms with E-state index in [9.17, 15) is 9.90 Å². The van der Waals surface area contributed by atoms with E-state index in [0.29, 0.717) is 18.1 Å². The number of carboxylic acid groups (broad SMARTS) is 1. The molecule has 3 fully saturated rings. The summed E-state index contributed by atoms with van der Waals surface area (Å²) in [4.78, 5) is 14.1. The van der Waals surface area contributed by atoms with Crippen LogP contribution in [0.1, 0.15) is 52.9 Å². The monoisotopic (exact) mass is 295 g/mol. The van der Waals surface area contributed by atoms with Crippen LogP contribution in [0.2, 0.25) is 0 Å². The minimum Gasteiger partial charge on any atom is -0.481 e. The van der Waals surface area contributed by atoms with E-state index in [2.05, 4.69) is 25.7 Å². The lowest BCUT2D eigenvalue weighted by atomic mass is 9.67. The van der Waals surface area contributed by atoms with Crippen molar-refractivity contribution in [3.8, 4) is 0 Å². The van der Waals surface area contributed by atoms with Crippen molar-refractivity contribution in [2.45, 2.75) is 71.1 Å². The Balaban J connectivity index is 1.76. The van der Waals surface area contributed by atoms with Crippen LogP contribution in [0.4, 0.5) is 0 Å². The van der Waals surface area contributed by atoms with Gasteiger partial charge in [-0.2, -0.15) is 0 Å². The van der Waals surface area contributed by atoms with Crippen molar-refractivity contribution in [1.29, 1.82) is 0 Å². The lowest BCUT2D eigenvalue weighted by molar-refractivity contribution is -0.149. The summed E-state index contributed by atoms with van der Waals surface area (Å²) in [5.41, 5.74) is 0.271. The quantitative estimate of drug-likeness (QED) is 0.851. The minimum absolute atomic E-state index is 0.193. The first kappa shape index (κ1) is 15.3. The number of carbonyl (C=O) groups is 1. The standard InChI is InChI=1S/C17H29NO3/c1-17(2,3)11-4-7-14(16(19)20)15(8-11)18-9-12-5-6-13(10-18)21-12/h11-15H,4-10H2,1-3H3,(H,19,20). The SMILES string of the molecule is CC(C)(C)C1CCC(C(=O)O)C(N2CC3CCC(C2)O3)C1. The van der Waals surface area contributed by atoms with Gasteiger partial charge in [-0.05, 0) is 43.4 Å². The number of nitrogens with zero attached hydrogens (tertiary/aromatic N) is 1. The number of rotatable bonds is 2. The second kappa shape index (κ2) is 5.54. The lowest BCUT2D eigenvalue weighted by Gasteiger charge is -2.47. The van der Waals surface area contributed by atoms with Crippen LogP contribution in [0.25, 0.3) is 0 Å². The molecule has 1 saturated carbocycles. The molecule has 3 aliphatic rings. The average Bonchev–Trinajstić information content (AvgIpc) is 2.75. The third-order valence-electron chi connectivity index (χ3n) is 5.90. The Hall–Kier alpha value is -0.610. The van der Waals surface area contributed by atoms with Gasteiger partial charge in [-0.3, -0.25) is 9.69 Å². The van der Waals surface area contributed by atoms with E-state index in [1.54, 1.807) is 0 Å². The Labute approximate surface area is 127 Å². The van der Waals surface area contributed by atoms with Crippen LogP contribution in [0, 0.1) is 17.3 Å². The van der Waals surface area contributed by atoms with Crippen LogP contribution in [0.15, 0.2) is 0 Å². The molecule has 2 aliphatic heterocycles. The number of morpholine rings is 1. The van der Waals surface area contributed by atoms with Gasteiger partial charge in [0.1, 0.15) is 0 Å². The van der Waals surface area contributed by atoms with Gasteiger partial charge >= 0.3 is 5.97 Å². The van der Waals surface area contributed by atoms with E-state index < -0.39 is 5.97 Å². The number of aliphatic carboxylic acids is 1. The molecular formula is C17H29NO3. The number of hydrogen-bond acceptors (Lipinski definition) is 3. The van der Waals surface area contributed by atoms with Crippen molar-refractivity contribution in [3.05, 3.63) is 0 Å². The summed E-state index contributed by atoms with van der Waals surface area (Å²) in [5, 5.41) is 9.62. The van der Waals surface area contributed by atoms with E-state index in [1.807, 2.05) is 0 Å². The molecule has 4 nitrogen and oxygen atoms in total. The molecule has 0 spiro atoms. The molecule has 0 aromatic carbocycles. The highest BCUT2D eigenvalue weighted by atomic mass is 16.5. The fourth-order valence-electron chi connectivity index (χ4n) is 4.54. The number of carboxylic acids is 1. The molecule has 0 radical (unpaired) electrons. The zero-order valence-electron chi connectivity index (χ0n) is 13.5. The molecule has 2 saturated heterocycles. The predicted octanol–water partition coefficient (Wildman–Crippen LogP) is 2.77. The average molecular weight is 295 g/mol. The Morgan fingerprint density at radius 2 is 1.71 bits per heavy atom. The number of hydrogen-bond donors (Lipinski definition) is 1. The van der Waals surface area contributed by atoms with Crippen LogP contribution >= 0.6 is 0 Å². The van der Waals surface area contributed by atoms with Crippen LogP contribution in [-0.2, 0) is 9.53 Å². The van der Waals surface area contributed by atoms with Gasteiger partial charge in [0.05, 0.1) is 18.1 Å². The molecule has 1 aliphatic carbocycles. The maximum absolute atomic E-state index is 11.7. The maximum Gasteiger partial charge on any atom is 0.308 e. The second-order valence-corrected chi connectivity index (χ2v) is 8.30. The fraction of sp³-hybridized carbons (Fsp3) is 0.941. The third-order valence-corrected chi connectivity index (χ3v) is 5.90. The zero-order valence-corrected chi connectivity index (χ0v) is 13.5. The molecular weight excluding hydrogens is 266 g/mol. The molecule has 21 heavy (non-hydrogen) atoms. The molecule has 5 atom stereocenters. The molecule has 2 bridgehead atoms. The summed E-state index contributed by atoms with van der Waals surface area (Å²) >= 11 is 0. The van der Waals surface area contributed by atoms with Crippen molar-refractivity contribution in [2.24, 2.45) is 17.3 Å². The van der Waals surface area contributed by atoms with E-state index >= 15 is 0 Å². The van der Waals surface area contributed by atoms with Crippen molar-refractivity contribution in [3.63, 3.8) is 0 Å². The Kier molecular flexibility index (Phi) is 4.04. The Morgan fingerprint density at radius 3 is 2.24 bits per heavy atom. The van der Waals surface area contributed by atoms with Gasteiger partial charge in [-0.25, -0.2) is 0 Å². The molecule has 0 aromatic rings. The highest BCUT2D eigenvalue weighted by Crippen LogP contribution is 2.43. The molecule has 2 heterocycles. The lowest BCUT2D eigenvalue weighted by Crippen LogP contribution is -2.54.